The summed E-state index contributed by atoms with van der Waals surface area (Å²) in [5.41, 5.74) is 1.18. The van der Waals surface area contributed by atoms with Gasteiger partial charge in [0.1, 0.15) is 0 Å². The minimum atomic E-state index is 0.482. The first kappa shape index (κ1) is 9.97. The highest BCUT2D eigenvalue weighted by Crippen LogP contribution is 2.58. The first-order valence-electron chi connectivity index (χ1n) is 6.01. The van der Waals surface area contributed by atoms with Crippen molar-refractivity contribution >= 4 is 7.92 Å². The molecule has 13 heavy (non-hydrogen) atoms. The highest BCUT2D eigenvalue weighted by atomic mass is 31.1. The van der Waals surface area contributed by atoms with E-state index >= 15 is 0 Å². The Morgan fingerprint density at radius 1 is 1.15 bits per heavy atom. The van der Waals surface area contributed by atoms with Crippen molar-refractivity contribution in [2.75, 3.05) is 12.3 Å². The van der Waals surface area contributed by atoms with Gasteiger partial charge in [0.25, 0.3) is 0 Å². The van der Waals surface area contributed by atoms with E-state index in [1.807, 2.05) is 0 Å². The van der Waals surface area contributed by atoms with Crippen LogP contribution in [0.1, 0.15) is 46.0 Å². The Hall–Kier alpha value is 0.430. The SMILES string of the molecule is CC(C)C[C@@H]1[C@H]2CCCCP1CC2. The summed E-state index contributed by atoms with van der Waals surface area (Å²) in [7, 11) is 0.482. The van der Waals surface area contributed by atoms with Gasteiger partial charge < -0.3 is 0 Å². The Morgan fingerprint density at radius 2 is 2.00 bits per heavy atom. The number of rotatable bonds is 2. The molecule has 2 saturated heterocycles. The van der Waals surface area contributed by atoms with E-state index < -0.39 is 0 Å². The fraction of sp³-hybridized carbons (Fsp3) is 1.00. The molecule has 2 aliphatic heterocycles. The van der Waals surface area contributed by atoms with Gasteiger partial charge in [-0.15, -0.1) is 7.92 Å². The van der Waals surface area contributed by atoms with E-state index in [9.17, 15) is 0 Å². The Balaban J connectivity index is 1.99. The van der Waals surface area contributed by atoms with Gasteiger partial charge in [-0.2, -0.15) is 0 Å². The minimum Gasteiger partial charge on any atom is -0.103 e. The van der Waals surface area contributed by atoms with Crippen molar-refractivity contribution in [3.05, 3.63) is 0 Å². The van der Waals surface area contributed by atoms with E-state index in [4.69, 9.17) is 0 Å². The third-order valence-electron chi connectivity index (χ3n) is 3.78. The molecular weight excluding hydrogens is 175 g/mol. The maximum Gasteiger partial charge on any atom is -0.0178 e. The molecule has 1 heteroatoms. The van der Waals surface area contributed by atoms with Gasteiger partial charge in [0.2, 0.25) is 0 Å². The summed E-state index contributed by atoms with van der Waals surface area (Å²) >= 11 is 0. The van der Waals surface area contributed by atoms with Gasteiger partial charge in [0.05, 0.1) is 0 Å². The highest BCUT2D eigenvalue weighted by Gasteiger charge is 2.36. The van der Waals surface area contributed by atoms with Crippen LogP contribution in [0.25, 0.3) is 0 Å². The molecule has 0 nitrogen and oxygen atoms in total. The van der Waals surface area contributed by atoms with Crippen molar-refractivity contribution in [3.63, 3.8) is 0 Å². The average molecular weight is 198 g/mol. The van der Waals surface area contributed by atoms with Crippen LogP contribution in [0, 0.1) is 11.8 Å². The molecule has 0 N–H and O–H groups in total. The van der Waals surface area contributed by atoms with Crippen molar-refractivity contribution in [2.24, 2.45) is 11.8 Å². The summed E-state index contributed by atoms with van der Waals surface area (Å²) in [5.74, 6) is 2.09. The van der Waals surface area contributed by atoms with E-state index in [1.165, 1.54) is 18.5 Å². The van der Waals surface area contributed by atoms with Crippen LogP contribution in [0.3, 0.4) is 0 Å². The van der Waals surface area contributed by atoms with Crippen molar-refractivity contribution < 1.29 is 0 Å². The average Bonchev–Trinajstić information content (AvgIpc) is 2.24. The molecule has 2 rings (SSSR count). The first-order chi connectivity index (χ1) is 6.27. The number of hydrogen-bond donors (Lipinski definition) is 0. The standard InChI is InChI=1S/C12H23P/c1-10(2)9-12-11-5-3-4-7-13(12)8-6-11/h10-12H,3-9H2,1-2H3/t11-,12+,13?/m0/s1. The maximum atomic E-state index is 2.40. The fourth-order valence-electron chi connectivity index (χ4n) is 3.15. The van der Waals surface area contributed by atoms with Crippen molar-refractivity contribution in [1.82, 2.24) is 0 Å². The third kappa shape index (κ3) is 2.27. The lowest BCUT2D eigenvalue weighted by molar-refractivity contribution is 0.415. The van der Waals surface area contributed by atoms with E-state index in [0.29, 0.717) is 7.92 Å². The second-order valence-electron chi connectivity index (χ2n) is 5.28. The van der Waals surface area contributed by atoms with E-state index in [0.717, 1.165) is 11.8 Å². The molecule has 0 aromatic carbocycles. The van der Waals surface area contributed by atoms with Crippen LogP contribution >= 0.6 is 7.92 Å². The largest absolute Gasteiger partial charge is 0.103 e. The quantitative estimate of drug-likeness (QED) is 0.586. The molecule has 0 aliphatic carbocycles. The molecule has 2 aliphatic rings. The zero-order chi connectivity index (χ0) is 9.26. The van der Waals surface area contributed by atoms with Gasteiger partial charge in [-0.1, -0.05) is 20.3 Å². The van der Waals surface area contributed by atoms with Crippen LogP contribution in [0.15, 0.2) is 0 Å². The van der Waals surface area contributed by atoms with Crippen molar-refractivity contribution in [3.8, 4) is 0 Å². The van der Waals surface area contributed by atoms with Gasteiger partial charge in [-0.3, -0.25) is 0 Å². The minimum absolute atomic E-state index is 0.482. The highest BCUT2D eigenvalue weighted by molar-refractivity contribution is 7.58. The Kier molecular flexibility index (Phi) is 3.30. The van der Waals surface area contributed by atoms with Crippen molar-refractivity contribution in [1.29, 1.82) is 0 Å². The summed E-state index contributed by atoms with van der Waals surface area (Å²) < 4.78 is 0. The molecule has 0 radical (unpaired) electrons. The lowest BCUT2D eigenvalue weighted by Gasteiger charge is -2.24. The second-order valence-corrected chi connectivity index (χ2v) is 8.01. The topological polar surface area (TPSA) is 0 Å². The molecule has 2 heterocycles. The molecule has 0 aromatic rings. The van der Waals surface area contributed by atoms with Crippen LogP contribution < -0.4 is 0 Å². The molecule has 0 amide bonds. The van der Waals surface area contributed by atoms with Gasteiger partial charge in [0, 0.05) is 0 Å². The lowest BCUT2D eigenvalue weighted by Crippen LogP contribution is -2.14. The third-order valence-corrected chi connectivity index (χ3v) is 7.08. The normalized spacial score (nSPS) is 39.5. The van der Waals surface area contributed by atoms with Gasteiger partial charge >= 0.3 is 0 Å². The lowest BCUT2D eigenvalue weighted by atomic mass is 9.91. The summed E-state index contributed by atoms with van der Waals surface area (Å²) in [4.78, 5) is 0. The van der Waals surface area contributed by atoms with Crippen molar-refractivity contribution in [2.45, 2.75) is 51.6 Å². The van der Waals surface area contributed by atoms with E-state index in [-0.39, 0.29) is 0 Å². The Labute approximate surface area is 84.2 Å². The molecular formula is C12H23P. The predicted octanol–water partition coefficient (Wildman–Crippen LogP) is 4.09. The molecule has 76 valence electrons. The summed E-state index contributed by atoms with van der Waals surface area (Å²) in [5, 5.41) is 0. The summed E-state index contributed by atoms with van der Waals surface area (Å²) in [6.07, 6.45) is 11.0. The van der Waals surface area contributed by atoms with Crippen LogP contribution in [0.4, 0.5) is 0 Å². The smallest absolute Gasteiger partial charge is 0.0178 e. The predicted molar refractivity (Wildman–Crippen MR) is 61.9 cm³/mol. The maximum absolute atomic E-state index is 2.40. The Morgan fingerprint density at radius 3 is 2.77 bits per heavy atom. The zero-order valence-corrected chi connectivity index (χ0v) is 10.0. The van der Waals surface area contributed by atoms with Gasteiger partial charge in [-0.25, -0.2) is 0 Å². The number of fused-ring (bicyclic) bond motifs is 2. The molecule has 2 fully saturated rings. The van der Waals surface area contributed by atoms with Crippen LogP contribution in [0.2, 0.25) is 0 Å². The summed E-state index contributed by atoms with van der Waals surface area (Å²) in [6, 6.07) is 0. The second kappa shape index (κ2) is 4.30. The molecule has 0 aromatic heterocycles. The molecule has 2 bridgehead atoms. The fourth-order valence-corrected chi connectivity index (χ4v) is 6.94. The first-order valence-corrected chi connectivity index (χ1v) is 7.79. The van der Waals surface area contributed by atoms with Crippen LogP contribution in [0.5, 0.6) is 0 Å². The summed E-state index contributed by atoms with van der Waals surface area (Å²) in [6.45, 7) is 4.81. The molecule has 3 atom stereocenters. The molecule has 0 saturated carbocycles. The monoisotopic (exact) mass is 198 g/mol. The molecule has 1 unspecified atom stereocenters. The van der Waals surface area contributed by atoms with E-state index in [1.54, 1.807) is 31.6 Å². The van der Waals surface area contributed by atoms with Gasteiger partial charge in [-0.05, 0) is 55.5 Å². The Bertz CT molecular complexity index is 151. The van der Waals surface area contributed by atoms with Gasteiger partial charge in [0.15, 0.2) is 0 Å². The number of hydrogen-bond acceptors (Lipinski definition) is 0. The molecule has 0 spiro atoms. The zero-order valence-electron chi connectivity index (χ0n) is 9.13. The van der Waals surface area contributed by atoms with Crippen LogP contribution in [-0.4, -0.2) is 18.0 Å². The van der Waals surface area contributed by atoms with E-state index in [2.05, 4.69) is 13.8 Å². The van der Waals surface area contributed by atoms with Crippen LogP contribution in [-0.2, 0) is 0 Å².